The van der Waals surface area contributed by atoms with Crippen molar-refractivity contribution >= 4 is 21.8 Å². The van der Waals surface area contributed by atoms with Crippen molar-refractivity contribution < 1.29 is 13.2 Å². The first kappa shape index (κ1) is 12.9. The number of fused-ring (bicyclic) bond motifs is 2. The first-order valence-electron chi connectivity index (χ1n) is 6.66. The zero-order chi connectivity index (χ0) is 15.3. The van der Waals surface area contributed by atoms with Crippen LogP contribution >= 0.6 is 0 Å². The molecule has 22 heavy (non-hydrogen) atoms. The quantitative estimate of drug-likeness (QED) is 0.524. The van der Waals surface area contributed by atoms with Gasteiger partial charge in [-0.15, -0.1) is 0 Å². The molecule has 3 nitrogen and oxygen atoms in total. The maximum absolute atomic E-state index is 12.7. The van der Waals surface area contributed by atoms with E-state index >= 15 is 0 Å². The van der Waals surface area contributed by atoms with Crippen LogP contribution < -0.4 is 0 Å². The van der Waals surface area contributed by atoms with Crippen LogP contribution in [0.1, 0.15) is 5.56 Å². The Balaban J connectivity index is 1.88. The number of nitrogens with one attached hydrogen (secondary N) is 2. The lowest BCUT2D eigenvalue weighted by molar-refractivity contribution is -0.137. The lowest BCUT2D eigenvalue weighted by Gasteiger charge is -2.05. The van der Waals surface area contributed by atoms with Gasteiger partial charge >= 0.3 is 6.18 Å². The van der Waals surface area contributed by atoms with E-state index in [0.29, 0.717) is 16.6 Å². The summed E-state index contributed by atoms with van der Waals surface area (Å²) in [6.07, 6.45) is -4.36. The second kappa shape index (κ2) is 4.37. The van der Waals surface area contributed by atoms with Crippen LogP contribution in [0.3, 0.4) is 0 Å². The molecule has 0 unspecified atom stereocenters. The number of benzene rings is 2. The molecule has 6 heteroatoms. The van der Waals surface area contributed by atoms with Crippen LogP contribution in [0.25, 0.3) is 33.2 Å². The highest BCUT2D eigenvalue weighted by molar-refractivity contribution is 5.95. The van der Waals surface area contributed by atoms with Crippen LogP contribution in [-0.2, 0) is 6.18 Å². The van der Waals surface area contributed by atoms with Crippen molar-refractivity contribution in [1.82, 2.24) is 15.2 Å². The van der Waals surface area contributed by atoms with Crippen molar-refractivity contribution in [3.05, 3.63) is 54.1 Å². The van der Waals surface area contributed by atoms with Gasteiger partial charge in [0.15, 0.2) is 0 Å². The number of aromatic amines is 2. The van der Waals surface area contributed by atoms with Gasteiger partial charge in [-0.25, -0.2) is 0 Å². The monoisotopic (exact) mass is 301 g/mol. The van der Waals surface area contributed by atoms with Gasteiger partial charge in [0, 0.05) is 16.3 Å². The van der Waals surface area contributed by atoms with E-state index in [0.717, 1.165) is 28.7 Å². The molecular weight excluding hydrogens is 291 g/mol. The highest BCUT2D eigenvalue weighted by atomic mass is 19.4. The van der Waals surface area contributed by atoms with Crippen LogP contribution in [0, 0.1) is 0 Å². The van der Waals surface area contributed by atoms with Crippen LogP contribution in [-0.4, -0.2) is 15.2 Å². The molecule has 2 N–H and O–H groups in total. The van der Waals surface area contributed by atoms with Crippen molar-refractivity contribution in [1.29, 1.82) is 0 Å². The van der Waals surface area contributed by atoms with E-state index in [1.165, 1.54) is 6.07 Å². The Hall–Kier alpha value is -2.76. The molecule has 2 aromatic heterocycles. The zero-order valence-electron chi connectivity index (χ0n) is 11.2. The Morgan fingerprint density at radius 1 is 0.909 bits per heavy atom. The Bertz CT molecular complexity index is 946. The molecule has 4 rings (SSSR count). The molecule has 0 saturated carbocycles. The van der Waals surface area contributed by atoms with Gasteiger partial charge in [0.25, 0.3) is 0 Å². The number of halogens is 3. The van der Waals surface area contributed by atoms with E-state index in [2.05, 4.69) is 15.2 Å². The minimum Gasteiger partial charge on any atom is -0.353 e. The topological polar surface area (TPSA) is 44.5 Å². The zero-order valence-corrected chi connectivity index (χ0v) is 11.2. The fourth-order valence-electron chi connectivity index (χ4n) is 2.60. The van der Waals surface area contributed by atoms with Gasteiger partial charge in [-0.3, -0.25) is 5.10 Å². The van der Waals surface area contributed by atoms with E-state index < -0.39 is 11.7 Å². The third-order valence-electron chi connectivity index (χ3n) is 3.68. The van der Waals surface area contributed by atoms with E-state index in [9.17, 15) is 13.2 Å². The summed E-state index contributed by atoms with van der Waals surface area (Å²) >= 11 is 0. The Morgan fingerprint density at radius 3 is 2.50 bits per heavy atom. The van der Waals surface area contributed by atoms with E-state index in [1.54, 1.807) is 0 Å². The molecule has 0 saturated heterocycles. The molecule has 0 radical (unpaired) electrons. The minimum atomic E-state index is -4.36. The van der Waals surface area contributed by atoms with Gasteiger partial charge < -0.3 is 4.98 Å². The smallest absolute Gasteiger partial charge is 0.353 e. The number of alkyl halides is 3. The summed E-state index contributed by atoms with van der Waals surface area (Å²) < 4.78 is 38.2. The third-order valence-corrected chi connectivity index (χ3v) is 3.68. The molecule has 0 aliphatic heterocycles. The van der Waals surface area contributed by atoms with Crippen molar-refractivity contribution in [2.24, 2.45) is 0 Å². The fraction of sp³-hybridized carbons (Fsp3) is 0.0625. The SMILES string of the molecule is FC(F)(F)c1ccc2c(-c3cc4ccccc4[nH]3)n[nH]c2c1. The molecule has 110 valence electrons. The van der Waals surface area contributed by atoms with Crippen LogP contribution in [0.15, 0.2) is 48.5 Å². The Labute approximate surface area is 122 Å². The average molecular weight is 301 g/mol. The van der Waals surface area contributed by atoms with Gasteiger partial charge in [-0.05, 0) is 30.3 Å². The lowest BCUT2D eigenvalue weighted by atomic mass is 10.1. The van der Waals surface area contributed by atoms with Gasteiger partial charge in [-0.2, -0.15) is 18.3 Å². The number of hydrogen-bond donors (Lipinski definition) is 2. The van der Waals surface area contributed by atoms with E-state index in [-0.39, 0.29) is 0 Å². The number of nitrogens with zero attached hydrogens (tertiary/aromatic N) is 1. The third kappa shape index (κ3) is 1.95. The number of rotatable bonds is 1. The molecular formula is C16H10F3N3. The maximum atomic E-state index is 12.7. The molecule has 4 aromatic rings. The minimum absolute atomic E-state index is 0.364. The number of aromatic nitrogens is 3. The van der Waals surface area contributed by atoms with Crippen LogP contribution in [0.5, 0.6) is 0 Å². The summed E-state index contributed by atoms with van der Waals surface area (Å²) in [4.78, 5) is 3.23. The van der Waals surface area contributed by atoms with Crippen LogP contribution in [0.4, 0.5) is 13.2 Å². The summed E-state index contributed by atoms with van der Waals surface area (Å²) in [5, 5.41) is 8.51. The molecule has 2 aromatic carbocycles. The molecule has 0 aliphatic carbocycles. The van der Waals surface area contributed by atoms with Crippen molar-refractivity contribution in [3.8, 4) is 11.4 Å². The number of para-hydroxylation sites is 1. The van der Waals surface area contributed by atoms with Crippen molar-refractivity contribution in [3.63, 3.8) is 0 Å². The normalized spacial score (nSPS) is 12.3. The Kier molecular flexibility index (Phi) is 2.57. The molecule has 0 amide bonds. The van der Waals surface area contributed by atoms with E-state index in [1.807, 2.05) is 30.3 Å². The summed E-state index contributed by atoms with van der Waals surface area (Å²) in [5.41, 5.74) is 2.02. The lowest BCUT2D eigenvalue weighted by Crippen LogP contribution is -2.04. The summed E-state index contributed by atoms with van der Waals surface area (Å²) in [6, 6.07) is 13.3. The molecule has 2 heterocycles. The average Bonchev–Trinajstić information content (AvgIpc) is 3.08. The largest absolute Gasteiger partial charge is 0.416 e. The summed E-state index contributed by atoms with van der Waals surface area (Å²) in [7, 11) is 0. The fourth-order valence-corrected chi connectivity index (χ4v) is 2.60. The summed E-state index contributed by atoms with van der Waals surface area (Å²) in [6.45, 7) is 0. The molecule has 0 spiro atoms. The van der Waals surface area contributed by atoms with Gasteiger partial charge in [0.05, 0.1) is 16.8 Å². The predicted octanol–water partition coefficient (Wildman–Crippen LogP) is 4.73. The first-order valence-corrected chi connectivity index (χ1v) is 6.66. The second-order valence-corrected chi connectivity index (χ2v) is 5.10. The molecule has 0 aliphatic rings. The van der Waals surface area contributed by atoms with Gasteiger partial charge in [-0.1, -0.05) is 18.2 Å². The predicted molar refractivity (Wildman–Crippen MR) is 78.4 cm³/mol. The molecule has 0 bridgehead atoms. The molecule has 0 atom stereocenters. The number of hydrogen-bond acceptors (Lipinski definition) is 1. The standard InChI is InChI=1S/C16H10F3N3/c17-16(18,19)10-5-6-11-13(8-10)21-22-15(11)14-7-9-3-1-2-4-12(9)20-14/h1-8,20H,(H,21,22). The summed E-state index contributed by atoms with van der Waals surface area (Å²) in [5.74, 6) is 0. The van der Waals surface area contributed by atoms with E-state index in [4.69, 9.17) is 0 Å². The second-order valence-electron chi connectivity index (χ2n) is 5.10. The highest BCUT2D eigenvalue weighted by Crippen LogP contribution is 2.34. The van der Waals surface area contributed by atoms with Crippen LogP contribution in [0.2, 0.25) is 0 Å². The van der Waals surface area contributed by atoms with Crippen molar-refractivity contribution in [2.45, 2.75) is 6.18 Å². The van der Waals surface area contributed by atoms with Gasteiger partial charge in [0.1, 0.15) is 5.69 Å². The maximum Gasteiger partial charge on any atom is 0.416 e. The van der Waals surface area contributed by atoms with Gasteiger partial charge in [0.2, 0.25) is 0 Å². The van der Waals surface area contributed by atoms with Crippen molar-refractivity contribution in [2.75, 3.05) is 0 Å². The Morgan fingerprint density at radius 2 is 1.73 bits per heavy atom. The first-order chi connectivity index (χ1) is 10.5. The number of H-pyrrole nitrogens is 2. The molecule has 0 fully saturated rings. The highest BCUT2D eigenvalue weighted by Gasteiger charge is 2.30.